The third kappa shape index (κ3) is 5.75. The molecular formula is C33H42N4O4. The Labute approximate surface area is 243 Å². The van der Waals surface area contributed by atoms with Crippen molar-refractivity contribution < 1.29 is 19.0 Å². The maximum atomic E-state index is 12.4. The second kappa shape index (κ2) is 11.2. The van der Waals surface area contributed by atoms with Crippen molar-refractivity contribution in [2.75, 3.05) is 44.7 Å². The van der Waals surface area contributed by atoms with E-state index >= 15 is 0 Å². The molecule has 41 heavy (non-hydrogen) atoms. The summed E-state index contributed by atoms with van der Waals surface area (Å²) in [6.07, 6.45) is 11.7. The normalized spacial score (nSPS) is 22.3. The number of terminal acetylenes is 1. The molecule has 3 saturated heterocycles. The SMILES string of the molecule is C#Cc1cc2c(cc1C1CCN(C3CN(C(=O)OC(C)(C)C)C3)CC1)Nc1nccc(C3CCOCC3)c1C(C)O2. The molecule has 8 nitrogen and oxygen atoms in total. The van der Waals surface area contributed by atoms with Gasteiger partial charge in [-0.1, -0.05) is 5.92 Å². The summed E-state index contributed by atoms with van der Waals surface area (Å²) in [6.45, 7) is 12.8. The van der Waals surface area contributed by atoms with Gasteiger partial charge in [-0.05, 0) is 108 Å². The zero-order valence-electron chi connectivity index (χ0n) is 24.7. The number of aromatic nitrogens is 1. The first kappa shape index (κ1) is 27.9. The molecule has 0 aliphatic carbocycles. The van der Waals surface area contributed by atoms with Crippen molar-refractivity contribution in [3.05, 3.63) is 46.6 Å². The van der Waals surface area contributed by atoms with Crippen LogP contribution in [-0.2, 0) is 9.47 Å². The molecule has 5 heterocycles. The number of likely N-dealkylation sites (tertiary alicyclic amines) is 2. The second-order valence-corrected chi connectivity index (χ2v) is 12.9. The molecule has 218 valence electrons. The lowest BCUT2D eigenvalue weighted by Gasteiger charge is -2.47. The Bertz CT molecular complexity index is 1330. The van der Waals surface area contributed by atoms with E-state index in [1.165, 1.54) is 11.1 Å². The summed E-state index contributed by atoms with van der Waals surface area (Å²) in [5.74, 6) is 5.41. The Kier molecular flexibility index (Phi) is 7.60. The molecule has 1 aromatic heterocycles. The van der Waals surface area contributed by atoms with Gasteiger partial charge in [0.2, 0.25) is 0 Å². The topological polar surface area (TPSA) is 76.2 Å². The van der Waals surface area contributed by atoms with Gasteiger partial charge in [0.1, 0.15) is 23.3 Å². The summed E-state index contributed by atoms with van der Waals surface area (Å²) in [5, 5.41) is 3.62. The number of carbonyl (C=O) groups is 1. The Hall–Kier alpha value is -3.28. The minimum Gasteiger partial charge on any atom is -0.484 e. The van der Waals surface area contributed by atoms with Crippen molar-refractivity contribution in [1.29, 1.82) is 0 Å². The lowest BCUT2D eigenvalue weighted by atomic mass is 9.85. The quantitative estimate of drug-likeness (QED) is 0.467. The van der Waals surface area contributed by atoms with Gasteiger partial charge in [0.15, 0.2) is 0 Å². The van der Waals surface area contributed by atoms with Crippen molar-refractivity contribution in [2.45, 2.75) is 83.0 Å². The summed E-state index contributed by atoms with van der Waals surface area (Å²) >= 11 is 0. The van der Waals surface area contributed by atoms with E-state index in [1.54, 1.807) is 4.90 Å². The first-order valence-electron chi connectivity index (χ1n) is 15.1. The van der Waals surface area contributed by atoms with Gasteiger partial charge in [-0.3, -0.25) is 4.90 Å². The Morgan fingerprint density at radius 2 is 1.80 bits per heavy atom. The first-order chi connectivity index (χ1) is 19.7. The summed E-state index contributed by atoms with van der Waals surface area (Å²) < 4.78 is 17.7. The van der Waals surface area contributed by atoms with E-state index in [1.807, 2.05) is 33.0 Å². The van der Waals surface area contributed by atoms with Gasteiger partial charge in [0.05, 0.1) is 5.69 Å². The van der Waals surface area contributed by atoms with E-state index in [0.29, 0.717) is 17.9 Å². The van der Waals surface area contributed by atoms with Gasteiger partial charge in [-0.15, -0.1) is 6.42 Å². The van der Waals surface area contributed by atoms with Crippen molar-refractivity contribution in [3.63, 3.8) is 0 Å². The largest absolute Gasteiger partial charge is 0.484 e. The highest BCUT2D eigenvalue weighted by atomic mass is 16.6. The summed E-state index contributed by atoms with van der Waals surface area (Å²) in [7, 11) is 0. The standard InChI is InChI=1S/C33H42N4O4/c1-6-22-17-29-28(35-31-30(21(2)40-29)26(7-12-34-31)24-10-15-39-16-11-24)18-27(22)23-8-13-36(14-9-23)25-19-37(20-25)32(38)41-33(3,4)5/h1,7,12,17-18,21,23-25H,8-11,13-16,19-20H2,2-5H3,(H,34,35). The molecule has 1 aromatic carbocycles. The van der Waals surface area contributed by atoms with Crippen molar-refractivity contribution in [1.82, 2.24) is 14.8 Å². The summed E-state index contributed by atoms with van der Waals surface area (Å²) in [5.41, 5.74) is 5.00. The van der Waals surface area contributed by atoms with Gasteiger partial charge >= 0.3 is 6.09 Å². The van der Waals surface area contributed by atoms with Gasteiger partial charge in [-0.2, -0.15) is 0 Å². The molecule has 3 fully saturated rings. The van der Waals surface area contributed by atoms with E-state index in [0.717, 1.165) is 93.5 Å². The van der Waals surface area contributed by atoms with Crippen LogP contribution in [0.25, 0.3) is 0 Å². The predicted molar refractivity (Wildman–Crippen MR) is 159 cm³/mol. The molecule has 0 bridgehead atoms. The number of nitrogens with zero attached hydrogens (tertiary/aromatic N) is 3. The minimum atomic E-state index is -0.466. The number of carbonyl (C=O) groups excluding carboxylic acids is 1. The number of fused-ring (bicyclic) bond motifs is 2. The third-order valence-electron chi connectivity index (χ3n) is 8.96. The molecule has 1 N–H and O–H groups in total. The molecule has 1 unspecified atom stereocenters. The van der Waals surface area contributed by atoms with Gasteiger partial charge < -0.3 is 24.4 Å². The number of rotatable bonds is 3. The van der Waals surface area contributed by atoms with Crippen LogP contribution in [0.3, 0.4) is 0 Å². The Morgan fingerprint density at radius 3 is 2.49 bits per heavy atom. The number of nitrogens with one attached hydrogen (secondary N) is 1. The van der Waals surface area contributed by atoms with Gasteiger partial charge in [0.25, 0.3) is 0 Å². The molecular weight excluding hydrogens is 516 g/mol. The number of anilines is 2. The zero-order valence-corrected chi connectivity index (χ0v) is 24.7. The molecule has 4 aliphatic heterocycles. The summed E-state index contributed by atoms with van der Waals surface area (Å²) in [6, 6.07) is 6.77. The maximum Gasteiger partial charge on any atom is 0.410 e. The minimum absolute atomic E-state index is 0.146. The van der Waals surface area contributed by atoms with E-state index in [9.17, 15) is 4.79 Å². The molecule has 4 aliphatic rings. The highest BCUT2D eigenvalue weighted by Gasteiger charge is 2.39. The van der Waals surface area contributed by atoms with Gasteiger partial charge in [0, 0.05) is 49.7 Å². The first-order valence-corrected chi connectivity index (χ1v) is 15.1. The van der Waals surface area contributed by atoms with E-state index in [-0.39, 0.29) is 12.2 Å². The number of piperidine rings is 1. The van der Waals surface area contributed by atoms with E-state index < -0.39 is 5.60 Å². The van der Waals surface area contributed by atoms with Gasteiger partial charge in [-0.25, -0.2) is 9.78 Å². The van der Waals surface area contributed by atoms with E-state index in [4.69, 9.17) is 25.6 Å². The molecule has 8 heteroatoms. The highest BCUT2D eigenvalue weighted by molar-refractivity contribution is 5.72. The van der Waals surface area contributed by atoms with Crippen LogP contribution in [0.15, 0.2) is 24.4 Å². The van der Waals surface area contributed by atoms with Crippen LogP contribution in [0.5, 0.6) is 5.75 Å². The van der Waals surface area contributed by atoms with Crippen LogP contribution in [0.4, 0.5) is 16.3 Å². The average Bonchev–Trinajstić information content (AvgIpc) is 3.06. The second-order valence-electron chi connectivity index (χ2n) is 12.9. The smallest absolute Gasteiger partial charge is 0.410 e. The maximum absolute atomic E-state index is 12.4. The molecule has 0 saturated carbocycles. The monoisotopic (exact) mass is 558 g/mol. The zero-order chi connectivity index (χ0) is 28.7. The Morgan fingerprint density at radius 1 is 1.10 bits per heavy atom. The molecule has 2 aromatic rings. The molecule has 0 spiro atoms. The number of pyridine rings is 1. The number of ether oxygens (including phenoxy) is 3. The van der Waals surface area contributed by atoms with Crippen molar-refractivity contribution in [3.8, 4) is 18.1 Å². The fourth-order valence-corrected chi connectivity index (χ4v) is 6.75. The van der Waals surface area contributed by atoms with Crippen molar-refractivity contribution in [2.24, 2.45) is 0 Å². The van der Waals surface area contributed by atoms with Crippen LogP contribution in [-0.4, -0.2) is 71.9 Å². The fourth-order valence-electron chi connectivity index (χ4n) is 6.75. The van der Waals surface area contributed by atoms with Crippen LogP contribution in [0, 0.1) is 12.3 Å². The fraction of sp³-hybridized carbons (Fsp3) is 0.576. The number of benzene rings is 1. The third-order valence-corrected chi connectivity index (χ3v) is 8.96. The number of amides is 1. The number of hydrogen-bond acceptors (Lipinski definition) is 7. The van der Waals surface area contributed by atoms with Crippen molar-refractivity contribution >= 4 is 17.6 Å². The lowest BCUT2D eigenvalue weighted by Crippen LogP contribution is -2.62. The Balaban J connectivity index is 1.16. The van der Waals surface area contributed by atoms with Crippen LogP contribution in [0.2, 0.25) is 0 Å². The summed E-state index contributed by atoms with van der Waals surface area (Å²) in [4.78, 5) is 21.4. The average molecular weight is 559 g/mol. The van der Waals surface area contributed by atoms with Crippen LogP contribution in [0.1, 0.15) is 93.6 Å². The molecule has 6 rings (SSSR count). The number of hydrogen-bond donors (Lipinski definition) is 1. The highest BCUT2D eigenvalue weighted by Crippen LogP contribution is 2.45. The van der Waals surface area contributed by atoms with E-state index in [2.05, 4.69) is 35.2 Å². The molecule has 1 atom stereocenters. The molecule has 1 amide bonds. The predicted octanol–water partition coefficient (Wildman–Crippen LogP) is 5.95. The van der Waals surface area contributed by atoms with Crippen LogP contribution < -0.4 is 10.1 Å². The molecule has 0 radical (unpaired) electrons. The lowest BCUT2D eigenvalue weighted by molar-refractivity contribution is -0.0196. The van der Waals surface area contributed by atoms with Crippen LogP contribution >= 0.6 is 0 Å².